The molecule has 0 radical (unpaired) electrons. The van der Waals surface area contributed by atoms with E-state index >= 15 is 0 Å². The van der Waals surface area contributed by atoms with Crippen LogP contribution in [0, 0.1) is 0 Å². The van der Waals surface area contributed by atoms with Crippen molar-refractivity contribution in [1.29, 1.82) is 0 Å². The van der Waals surface area contributed by atoms with Crippen LogP contribution in [0.5, 0.6) is 0 Å². The summed E-state index contributed by atoms with van der Waals surface area (Å²) in [4.78, 5) is 2.08. The minimum Gasteiger partial charge on any atom is -0.305 e. The molecule has 1 saturated heterocycles. The molecule has 1 aliphatic rings. The Morgan fingerprint density at radius 3 is 2.75 bits per heavy atom. The summed E-state index contributed by atoms with van der Waals surface area (Å²) in [6.07, 6.45) is 0.868. The molecular formula is C6H13ClN2O2S. The number of nitrogens with one attached hydrogen (secondary N) is 1. The Morgan fingerprint density at radius 2 is 2.33 bits per heavy atom. The van der Waals surface area contributed by atoms with Crippen LogP contribution >= 0.6 is 11.6 Å². The smallest absolute Gasteiger partial charge is 0.225 e. The molecule has 1 aliphatic heterocycles. The average molecular weight is 213 g/mol. The summed E-state index contributed by atoms with van der Waals surface area (Å²) in [5, 5.41) is -0.354. The van der Waals surface area contributed by atoms with Crippen molar-refractivity contribution < 1.29 is 8.42 Å². The lowest BCUT2D eigenvalue weighted by molar-refractivity contribution is 0.407. The topological polar surface area (TPSA) is 49.4 Å². The fraction of sp³-hybridized carbons (Fsp3) is 1.00. The third-order valence-corrected chi connectivity index (χ3v) is 3.72. The van der Waals surface area contributed by atoms with Gasteiger partial charge < -0.3 is 4.90 Å². The van der Waals surface area contributed by atoms with Crippen LogP contribution in [-0.4, -0.2) is 44.7 Å². The van der Waals surface area contributed by atoms with E-state index in [0.717, 1.165) is 19.5 Å². The van der Waals surface area contributed by atoms with Crippen molar-refractivity contribution in [2.45, 2.75) is 12.5 Å². The van der Waals surface area contributed by atoms with Gasteiger partial charge in [0.1, 0.15) is 5.21 Å². The SMILES string of the molecule is CN1CCC(NS(=O)(=O)CCl)C1. The predicted octanol–water partition coefficient (Wildman–Crippen LogP) is -0.194. The molecule has 1 rings (SSSR count). The minimum atomic E-state index is -3.24. The van der Waals surface area contributed by atoms with Crippen LogP contribution in [-0.2, 0) is 10.0 Å². The molecule has 0 aromatic carbocycles. The summed E-state index contributed by atoms with van der Waals surface area (Å²) in [6.45, 7) is 1.71. The zero-order valence-electron chi connectivity index (χ0n) is 6.96. The van der Waals surface area contributed by atoms with Crippen molar-refractivity contribution in [3.8, 4) is 0 Å². The summed E-state index contributed by atoms with van der Waals surface area (Å²) in [7, 11) is -1.27. The molecule has 1 heterocycles. The van der Waals surface area contributed by atoms with Gasteiger partial charge in [0.25, 0.3) is 0 Å². The highest BCUT2D eigenvalue weighted by atomic mass is 35.5. The van der Waals surface area contributed by atoms with Gasteiger partial charge in [-0.1, -0.05) is 0 Å². The lowest BCUT2D eigenvalue weighted by atomic mass is 10.3. The Hall–Kier alpha value is 0.160. The number of nitrogens with zero attached hydrogens (tertiary/aromatic N) is 1. The lowest BCUT2D eigenvalue weighted by Crippen LogP contribution is -2.36. The summed E-state index contributed by atoms with van der Waals surface area (Å²) >= 11 is 5.24. The fourth-order valence-corrected chi connectivity index (χ4v) is 2.27. The van der Waals surface area contributed by atoms with Gasteiger partial charge in [0.05, 0.1) is 0 Å². The van der Waals surface area contributed by atoms with E-state index in [1.807, 2.05) is 7.05 Å². The second-order valence-electron chi connectivity index (χ2n) is 3.09. The van der Waals surface area contributed by atoms with Crippen molar-refractivity contribution in [1.82, 2.24) is 9.62 Å². The van der Waals surface area contributed by atoms with E-state index < -0.39 is 10.0 Å². The third kappa shape index (κ3) is 2.90. The first-order valence-corrected chi connectivity index (χ1v) is 5.97. The number of likely N-dealkylation sites (N-methyl/N-ethyl adjacent to an activating group) is 1. The molecule has 1 unspecified atom stereocenters. The molecule has 0 amide bonds. The minimum absolute atomic E-state index is 0.0405. The van der Waals surface area contributed by atoms with E-state index in [0.29, 0.717) is 0 Å². The van der Waals surface area contributed by atoms with Gasteiger partial charge in [0.2, 0.25) is 10.0 Å². The maximum Gasteiger partial charge on any atom is 0.225 e. The molecule has 0 aromatic rings. The van der Waals surface area contributed by atoms with Crippen molar-refractivity contribution in [2.75, 3.05) is 25.3 Å². The van der Waals surface area contributed by atoms with Crippen LogP contribution in [0.3, 0.4) is 0 Å². The van der Waals surface area contributed by atoms with Gasteiger partial charge in [-0.2, -0.15) is 0 Å². The quantitative estimate of drug-likeness (QED) is 0.660. The summed E-state index contributed by atoms with van der Waals surface area (Å²) in [6, 6.07) is 0.0405. The van der Waals surface area contributed by atoms with Crippen LogP contribution in [0.2, 0.25) is 0 Å². The molecule has 1 fully saturated rings. The van der Waals surface area contributed by atoms with Crippen LogP contribution in [0.1, 0.15) is 6.42 Å². The molecule has 0 aromatic heterocycles. The van der Waals surface area contributed by atoms with E-state index in [2.05, 4.69) is 9.62 Å². The molecular weight excluding hydrogens is 200 g/mol. The van der Waals surface area contributed by atoms with Crippen molar-refractivity contribution in [3.05, 3.63) is 0 Å². The Labute approximate surface area is 77.9 Å². The van der Waals surface area contributed by atoms with E-state index in [-0.39, 0.29) is 11.3 Å². The normalized spacial score (nSPS) is 26.3. The molecule has 6 heteroatoms. The van der Waals surface area contributed by atoms with Crippen molar-refractivity contribution >= 4 is 21.6 Å². The number of hydrogen-bond donors (Lipinski definition) is 1. The maximum absolute atomic E-state index is 11.0. The third-order valence-electron chi connectivity index (χ3n) is 1.88. The second-order valence-corrected chi connectivity index (χ2v) is 5.43. The summed E-state index contributed by atoms with van der Waals surface area (Å²) in [5.74, 6) is 0. The van der Waals surface area contributed by atoms with Gasteiger partial charge in [-0.3, -0.25) is 0 Å². The maximum atomic E-state index is 11.0. The number of halogens is 1. The van der Waals surface area contributed by atoms with Gasteiger partial charge in [0.15, 0.2) is 0 Å². The number of likely N-dealkylation sites (tertiary alicyclic amines) is 1. The molecule has 1 atom stereocenters. The van der Waals surface area contributed by atoms with Crippen LogP contribution in [0.15, 0.2) is 0 Å². The van der Waals surface area contributed by atoms with E-state index in [1.54, 1.807) is 0 Å². The molecule has 1 N–H and O–H groups in total. The average Bonchev–Trinajstić information content (AvgIpc) is 2.35. The number of hydrogen-bond acceptors (Lipinski definition) is 3. The van der Waals surface area contributed by atoms with Gasteiger partial charge in [-0.25, -0.2) is 13.1 Å². The standard InChI is InChI=1S/C6H13ClN2O2S/c1-9-3-2-6(4-9)8-12(10,11)5-7/h6,8H,2-5H2,1H3. The molecule has 0 bridgehead atoms. The molecule has 0 saturated carbocycles. The zero-order chi connectivity index (χ0) is 9.19. The Bertz CT molecular complexity index is 242. The number of rotatable bonds is 3. The number of sulfonamides is 1. The van der Waals surface area contributed by atoms with Gasteiger partial charge in [-0.15, -0.1) is 11.6 Å². The first kappa shape index (κ1) is 10.2. The van der Waals surface area contributed by atoms with Gasteiger partial charge in [-0.05, 0) is 20.0 Å². The van der Waals surface area contributed by atoms with Crippen LogP contribution in [0.25, 0.3) is 0 Å². The lowest BCUT2D eigenvalue weighted by Gasteiger charge is -2.11. The molecule has 72 valence electrons. The van der Waals surface area contributed by atoms with Crippen LogP contribution in [0.4, 0.5) is 0 Å². The Kier molecular flexibility index (Phi) is 3.34. The van der Waals surface area contributed by atoms with Crippen LogP contribution < -0.4 is 4.72 Å². The summed E-state index contributed by atoms with van der Waals surface area (Å²) in [5.41, 5.74) is 0. The van der Waals surface area contributed by atoms with Gasteiger partial charge in [0, 0.05) is 12.6 Å². The highest BCUT2D eigenvalue weighted by Crippen LogP contribution is 2.07. The number of alkyl halides is 1. The highest BCUT2D eigenvalue weighted by Gasteiger charge is 2.23. The van der Waals surface area contributed by atoms with E-state index in [4.69, 9.17) is 11.6 Å². The molecule has 0 spiro atoms. The monoisotopic (exact) mass is 212 g/mol. The Balaban J connectivity index is 2.43. The largest absolute Gasteiger partial charge is 0.305 e. The Morgan fingerprint density at radius 1 is 1.67 bits per heavy atom. The predicted molar refractivity (Wildman–Crippen MR) is 48.7 cm³/mol. The van der Waals surface area contributed by atoms with Crippen molar-refractivity contribution in [2.24, 2.45) is 0 Å². The fourth-order valence-electron chi connectivity index (χ4n) is 1.32. The first-order chi connectivity index (χ1) is 5.53. The van der Waals surface area contributed by atoms with Crippen molar-refractivity contribution in [3.63, 3.8) is 0 Å². The molecule has 4 nitrogen and oxygen atoms in total. The second kappa shape index (κ2) is 3.91. The van der Waals surface area contributed by atoms with E-state index in [1.165, 1.54) is 0 Å². The van der Waals surface area contributed by atoms with Gasteiger partial charge >= 0.3 is 0 Å². The zero-order valence-corrected chi connectivity index (χ0v) is 8.53. The van der Waals surface area contributed by atoms with E-state index in [9.17, 15) is 8.42 Å². The highest BCUT2D eigenvalue weighted by molar-refractivity contribution is 7.90. The summed E-state index contributed by atoms with van der Waals surface area (Å²) < 4.78 is 24.5. The molecule has 12 heavy (non-hydrogen) atoms. The first-order valence-electron chi connectivity index (χ1n) is 3.78. The molecule has 0 aliphatic carbocycles.